The lowest BCUT2D eigenvalue weighted by Gasteiger charge is -2.28. The molecular formula is C27H24FN5O. The van der Waals surface area contributed by atoms with Gasteiger partial charge in [0.1, 0.15) is 11.9 Å². The number of benzene rings is 3. The number of halogens is 1. The standard InChI is InChI=1S/C27H24FN5O/c1-16-13-14-19(15-17(16)2)25-31-27-29-18(3)23(26(34)30-20-9-5-4-6-10-20)24(33(27)32-25)21-11-7-8-12-22(21)28/h4-15,24H,1-3H3,(H,30,34)(H,29,31,32). The predicted molar refractivity (Wildman–Crippen MR) is 131 cm³/mol. The Hall–Kier alpha value is -4.26. The second-order valence-corrected chi connectivity index (χ2v) is 8.41. The van der Waals surface area contributed by atoms with Gasteiger partial charge >= 0.3 is 0 Å². The molecule has 5 rings (SSSR count). The highest BCUT2D eigenvalue weighted by molar-refractivity contribution is 6.06. The third-order valence-electron chi connectivity index (χ3n) is 6.09. The van der Waals surface area contributed by atoms with Crippen LogP contribution in [0, 0.1) is 19.7 Å². The summed E-state index contributed by atoms with van der Waals surface area (Å²) >= 11 is 0. The molecule has 3 aromatic carbocycles. The highest BCUT2D eigenvalue weighted by atomic mass is 19.1. The van der Waals surface area contributed by atoms with E-state index in [1.807, 2.05) is 50.2 Å². The van der Waals surface area contributed by atoms with E-state index >= 15 is 4.39 Å². The summed E-state index contributed by atoms with van der Waals surface area (Å²) in [6.07, 6.45) is 0. The van der Waals surface area contributed by atoms with Gasteiger partial charge in [0, 0.05) is 22.5 Å². The number of aromatic nitrogens is 3. The minimum absolute atomic E-state index is 0.335. The Balaban J connectivity index is 1.62. The summed E-state index contributed by atoms with van der Waals surface area (Å²) in [4.78, 5) is 18.1. The van der Waals surface area contributed by atoms with Crippen LogP contribution < -0.4 is 10.6 Å². The van der Waals surface area contributed by atoms with E-state index < -0.39 is 11.9 Å². The van der Waals surface area contributed by atoms with Crippen LogP contribution in [-0.2, 0) is 4.79 Å². The highest BCUT2D eigenvalue weighted by Gasteiger charge is 2.35. The van der Waals surface area contributed by atoms with Crippen molar-refractivity contribution in [2.24, 2.45) is 0 Å². The number of fused-ring (bicyclic) bond motifs is 1. The first kappa shape index (κ1) is 21.6. The molecule has 1 amide bonds. The van der Waals surface area contributed by atoms with Gasteiger partial charge in [0.25, 0.3) is 5.91 Å². The molecule has 0 saturated heterocycles. The van der Waals surface area contributed by atoms with Crippen molar-refractivity contribution in [3.63, 3.8) is 0 Å². The van der Waals surface area contributed by atoms with Gasteiger partial charge in [-0.25, -0.2) is 9.07 Å². The Bertz CT molecular complexity index is 1420. The fourth-order valence-electron chi connectivity index (χ4n) is 4.15. The van der Waals surface area contributed by atoms with E-state index in [0.29, 0.717) is 34.3 Å². The monoisotopic (exact) mass is 453 g/mol. The first-order chi connectivity index (χ1) is 16.4. The average Bonchev–Trinajstić information content (AvgIpc) is 3.24. The van der Waals surface area contributed by atoms with E-state index in [1.165, 1.54) is 11.6 Å². The van der Waals surface area contributed by atoms with Gasteiger partial charge in [-0.05, 0) is 56.2 Å². The van der Waals surface area contributed by atoms with Crippen molar-refractivity contribution in [1.29, 1.82) is 0 Å². The number of anilines is 2. The number of nitrogens with zero attached hydrogens (tertiary/aromatic N) is 3. The maximum absolute atomic E-state index is 15.0. The molecule has 0 fully saturated rings. The first-order valence-electron chi connectivity index (χ1n) is 11.0. The smallest absolute Gasteiger partial charge is 0.255 e. The molecule has 6 nitrogen and oxygen atoms in total. The molecule has 0 radical (unpaired) electrons. The number of rotatable bonds is 4. The molecule has 1 aliphatic rings. The fraction of sp³-hybridized carbons (Fsp3) is 0.148. The second kappa shape index (κ2) is 8.59. The van der Waals surface area contributed by atoms with Crippen molar-refractivity contribution in [2.45, 2.75) is 26.8 Å². The molecule has 34 heavy (non-hydrogen) atoms. The zero-order valence-electron chi connectivity index (χ0n) is 19.1. The summed E-state index contributed by atoms with van der Waals surface area (Å²) in [6, 6.07) is 20.8. The van der Waals surface area contributed by atoms with Gasteiger partial charge in [-0.3, -0.25) is 4.79 Å². The molecule has 0 saturated carbocycles. The Labute approximate surface area is 197 Å². The molecule has 2 heterocycles. The fourth-order valence-corrected chi connectivity index (χ4v) is 4.15. The lowest BCUT2D eigenvalue weighted by molar-refractivity contribution is -0.113. The van der Waals surface area contributed by atoms with Crippen LogP contribution in [0.5, 0.6) is 0 Å². The van der Waals surface area contributed by atoms with Gasteiger partial charge in [-0.1, -0.05) is 48.5 Å². The van der Waals surface area contributed by atoms with Crippen molar-refractivity contribution in [2.75, 3.05) is 10.6 Å². The number of amides is 1. The number of para-hydroxylation sites is 1. The second-order valence-electron chi connectivity index (χ2n) is 8.41. The summed E-state index contributed by atoms with van der Waals surface area (Å²) < 4.78 is 16.6. The van der Waals surface area contributed by atoms with Crippen molar-refractivity contribution < 1.29 is 9.18 Å². The van der Waals surface area contributed by atoms with E-state index in [0.717, 1.165) is 11.1 Å². The Morgan fingerprint density at radius 1 is 0.971 bits per heavy atom. The minimum Gasteiger partial charge on any atom is -0.328 e. The van der Waals surface area contributed by atoms with Gasteiger partial charge in [-0.2, -0.15) is 4.98 Å². The van der Waals surface area contributed by atoms with E-state index in [1.54, 1.807) is 41.9 Å². The number of nitrogens with one attached hydrogen (secondary N) is 2. The highest BCUT2D eigenvalue weighted by Crippen LogP contribution is 2.37. The minimum atomic E-state index is -0.783. The van der Waals surface area contributed by atoms with Crippen LogP contribution in [0.2, 0.25) is 0 Å². The van der Waals surface area contributed by atoms with Crippen LogP contribution >= 0.6 is 0 Å². The maximum atomic E-state index is 15.0. The quantitative estimate of drug-likeness (QED) is 0.420. The van der Waals surface area contributed by atoms with Gasteiger partial charge < -0.3 is 10.6 Å². The molecular weight excluding hydrogens is 429 g/mol. The summed E-state index contributed by atoms with van der Waals surface area (Å²) in [5.41, 5.74) is 5.12. The van der Waals surface area contributed by atoms with Crippen molar-refractivity contribution in [3.05, 3.63) is 107 Å². The average molecular weight is 454 g/mol. The molecule has 1 aliphatic heterocycles. The summed E-state index contributed by atoms with van der Waals surface area (Å²) in [7, 11) is 0. The zero-order chi connectivity index (χ0) is 23.8. The lowest BCUT2D eigenvalue weighted by atomic mass is 9.94. The summed E-state index contributed by atoms with van der Waals surface area (Å²) in [6.45, 7) is 5.87. The van der Waals surface area contributed by atoms with Gasteiger partial charge in [-0.15, -0.1) is 5.10 Å². The summed E-state index contributed by atoms with van der Waals surface area (Å²) in [5.74, 6) is 0.208. The number of carbonyl (C=O) groups is 1. The van der Waals surface area contributed by atoms with E-state index in [2.05, 4.69) is 15.6 Å². The third kappa shape index (κ3) is 3.85. The molecule has 1 unspecified atom stereocenters. The van der Waals surface area contributed by atoms with Gasteiger partial charge in [0.15, 0.2) is 5.82 Å². The van der Waals surface area contributed by atoms with Crippen molar-refractivity contribution in [3.8, 4) is 11.4 Å². The van der Waals surface area contributed by atoms with Crippen LogP contribution in [-0.4, -0.2) is 20.7 Å². The number of hydrogen-bond donors (Lipinski definition) is 2. The van der Waals surface area contributed by atoms with Crippen molar-refractivity contribution >= 4 is 17.5 Å². The SMILES string of the molecule is CC1=C(C(=O)Nc2ccccc2)C(c2ccccc2F)n2nc(-c3ccc(C)c(C)c3)nc2N1. The number of allylic oxidation sites excluding steroid dienone is 1. The molecule has 0 spiro atoms. The van der Waals surface area contributed by atoms with Crippen LogP contribution in [0.15, 0.2) is 84.1 Å². The molecule has 2 N–H and O–H groups in total. The van der Waals surface area contributed by atoms with E-state index in [-0.39, 0.29) is 5.91 Å². The molecule has 7 heteroatoms. The van der Waals surface area contributed by atoms with Gasteiger partial charge in [0.05, 0.1) is 5.57 Å². The molecule has 0 aliphatic carbocycles. The number of aryl methyl sites for hydroxylation is 2. The maximum Gasteiger partial charge on any atom is 0.255 e. The Kier molecular flexibility index (Phi) is 5.45. The molecule has 0 bridgehead atoms. The molecule has 1 atom stereocenters. The molecule has 4 aromatic rings. The topological polar surface area (TPSA) is 71.8 Å². The largest absolute Gasteiger partial charge is 0.328 e. The molecule has 170 valence electrons. The molecule has 1 aromatic heterocycles. The Morgan fingerprint density at radius 3 is 2.44 bits per heavy atom. The van der Waals surface area contributed by atoms with E-state index in [4.69, 9.17) is 5.10 Å². The van der Waals surface area contributed by atoms with Crippen LogP contribution in [0.25, 0.3) is 11.4 Å². The van der Waals surface area contributed by atoms with Crippen LogP contribution in [0.3, 0.4) is 0 Å². The first-order valence-corrected chi connectivity index (χ1v) is 11.0. The van der Waals surface area contributed by atoms with Gasteiger partial charge in [0.2, 0.25) is 5.95 Å². The van der Waals surface area contributed by atoms with E-state index in [9.17, 15) is 4.79 Å². The Morgan fingerprint density at radius 2 is 1.71 bits per heavy atom. The third-order valence-corrected chi connectivity index (χ3v) is 6.09. The predicted octanol–water partition coefficient (Wildman–Crippen LogP) is 5.63. The summed E-state index contributed by atoms with van der Waals surface area (Å²) in [5, 5.41) is 10.8. The number of hydrogen-bond acceptors (Lipinski definition) is 4. The lowest BCUT2D eigenvalue weighted by Crippen LogP contribution is -2.32. The number of carbonyl (C=O) groups excluding carboxylic acids is 1. The normalized spacial score (nSPS) is 15.0. The zero-order valence-corrected chi connectivity index (χ0v) is 19.1. The van der Waals surface area contributed by atoms with Crippen LogP contribution in [0.4, 0.5) is 16.0 Å². The van der Waals surface area contributed by atoms with Crippen molar-refractivity contribution in [1.82, 2.24) is 14.8 Å². The van der Waals surface area contributed by atoms with Crippen LogP contribution in [0.1, 0.15) is 29.7 Å².